The molecule has 0 radical (unpaired) electrons. The van der Waals surface area contributed by atoms with Crippen LogP contribution in [0.3, 0.4) is 0 Å². The number of benzene rings is 2. The molecule has 6 nitrogen and oxygen atoms in total. The van der Waals surface area contributed by atoms with Gasteiger partial charge in [0.2, 0.25) is 6.35 Å². The zero-order valence-electron chi connectivity index (χ0n) is 12.7. The van der Waals surface area contributed by atoms with Crippen LogP contribution < -0.4 is 10.6 Å². The van der Waals surface area contributed by atoms with Crippen LogP contribution in [0.25, 0.3) is 17.1 Å². The van der Waals surface area contributed by atoms with Crippen LogP contribution >= 0.6 is 0 Å². The van der Waals surface area contributed by atoms with Gasteiger partial charge < -0.3 is 14.3 Å². The number of oxazole rings is 1. The summed E-state index contributed by atoms with van der Waals surface area (Å²) in [5, 5.41) is 10.3. The molecule has 0 amide bonds. The molecule has 0 aliphatic carbocycles. The normalized spacial score (nSPS) is 16.8. The first-order chi connectivity index (χ1) is 11.7. The smallest absolute Gasteiger partial charge is 0.231 e. The van der Waals surface area contributed by atoms with Crippen molar-refractivity contribution >= 4 is 11.4 Å². The molecule has 24 heavy (non-hydrogen) atoms. The van der Waals surface area contributed by atoms with Crippen LogP contribution in [0.4, 0.5) is 5.69 Å². The van der Waals surface area contributed by atoms with Crippen molar-refractivity contribution in [3.05, 3.63) is 72.9 Å². The third-order valence-corrected chi connectivity index (χ3v) is 3.81. The first kappa shape index (κ1) is 14.3. The number of hydrogen-bond acceptors (Lipinski definition) is 6. The Hall–Kier alpha value is -3.25. The number of nitrogens with two attached hydrogens (primary N) is 1. The number of phenolic OH excluding ortho intramolecular Hbond substituents is 1. The quantitative estimate of drug-likeness (QED) is 0.771. The van der Waals surface area contributed by atoms with Gasteiger partial charge in [0.15, 0.2) is 12.2 Å². The minimum absolute atomic E-state index is 0.0815. The summed E-state index contributed by atoms with van der Waals surface area (Å²) < 4.78 is 10.9. The molecule has 6 heteroatoms. The number of ether oxygens (including phenoxy) is 1. The number of aromatic hydroxyl groups is 1. The summed E-state index contributed by atoms with van der Waals surface area (Å²) in [6, 6.07) is 14.9. The van der Waals surface area contributed by atoms with Gasteiger partial charge >= 0.3 is 0 Å². The van der Waals surface area contributed by atoms with Crippen molar-refractivity contribution in [3.8, 4) is 17.1 Å². The number of hydrogen-bond donors (Lipinski definition) is 2. The monoisotopic (exact) mass is 321 g/mol. The molecule has 0 spiro atoms. The molecule has 1 atom stereocenters. The van der Waals surface area contributed by atoms with Crippen LogP contribution in [0.15, 0.2) is 71.7 Å². The van der Waals surface area contributed by atoms with E-state index < -0.39 is 6.35 Å². The van der Waals surface area contributed by atoms with Crippen molar-refractivity contribution in [1.29, 1.82) is 0 Å². The van der Waals surface area contributed by atoms with E-state index >= 15 is 0 Å². The maximum absolute atomic E-state index is 10.3. The molecule has 1 aromatic heterocycles. The molecule has 0 fully saturated rings. The lowest BCUT2D eigenvalue weighted by Crippen LogP contribution is -2.36. The van der Waals surface area contributed by atoms with E-state index in [1.165, 1.54) is 6.39 Å². The Bertz CT molecular complexity index is 876. The molecule has 1 aliphatic heterocycles. The van der Waals surface area contributed by atoms with E-state index in [0.29, 0.717) is 22.8 Å². The Morgan fingerprint density at radius 1 is 1.12 bits per heavy atom. The van der Waals surface area contributed by atoms with Gasteiger partial charge in [0.25, 0.3) is 0 Å². The molecule has 0 saturated carbocycles. The summed E-state index contributed by atoms with van der Waals surface area (Å²) in [5.74, 6) is 1.27. The Labute approximate surface area is 138 Å². The Balaban J connectivity index is 1.66. The molecule has 1 unspecified atom stereocenters. The second kappa shape index (κ2) is 5.75. The summed E-state index contributed by atoms with van der Waals surface area (Å²) in [6.45, 7) is 0. The second-order valence-electron chi connectivity index (χ2n) is 5.34. The topological polar surface area (TPSA) is 84.8 Å². The zero-order valence-corrected chi connectivity index (χ0v) is 12.7. The summed E-state index contributed by atoms with van der Waals surface area (Å²) in [4.78, 5) is 5.61. The molecular formula is C18H15N3O3. The number of phenols is 1. The van der Waals surface area contributed by atoms with Gasteiger partial charge in [-0.05, 0) is 12.1 Å². The van der Waals surface area contributed by atoms with Crippen LogP contribution in [0.5, 0.6) is 5.75 Å². The van der Waals surface area contributed by atoms with Gasteiger partial charge in [-0.2, -0.15) is 0 Å². The van der Waals surface area contributed by atoms with Crippen LogP contribution in [0.1, 0.15) is 5.56 Å². The summed E-state index contributed by atoms with van der Waals surface area (Å²) in [6.07, 6.45) is 4.04. The predicted molar refractivity (Wildman–Crippen MR) is 89.6 cm³/mol. The fraction of sp³-hybridized carbons (Fsp3) is 0.0556. The molecule has 2 aromatic carbocycles. The third kappa shape index (κ3) is 2.49. The van der Waals surface area contributed by atoms with Crippen molar-refractivity contribution in [2.45, 2.75) is 6.35 Å². The van der Waals surface area contributed by atoms with Crippen molar-refractivity contribution in [2.75, 3.05) is 4.90 Å². The first-order valence-corrected chi connectivity index (χ1v) is 7.42. The summed E-state index contributed by atoms with van der Waals surface area (Å²) in [7, 11) is 0. The van der Waals surface area contributed by atoms with Gasteiger partial charge in [0.05, 0.1) is 18.0 Å². The van der Waals surface area contributed by atoms with Crippen LogP contribution in [-0.4, -0.2) is 16.4 Å². The van der Waals surface area contributed by atoms with E-state index in [0.717, 1.165) is 5.56 Å². The lowest BCUT2D eigenvalue weighted by Gasteiger charge is -2.20. The number of anilines is 1. The van der Waals surface area contributed by atoms with Gasteiger partial charge in [-0.15, -0.1) is 0 Å². The largest absolute Gasteiger partial charge is 0.507 e. The number of nitrogens with zero attached hydrogens (tertiary/aromatic N) is 2. The molecule has 120 valence electrons. The summed E-state index contributed by atoms with van der Waals surface area (Å²) >= 11 is 0. The summed E-state index contributed by atoms with van der Waals surface area (Å²) in [5.41, 5.74) is 8.29. The first-order valence-electron chi connectivity index (χ1n) is 7.42. The molecule has 3 N–H and O–H groups in total. The van der Waals surface area contributed by atoms with Gasteiger partial charge in [-0.3, -0.25) is 10.6 Å². The molecule has 0 bridgehead atoms. The van der Waals surface area contributed by atoms with E-state index in [9.17, 15) is 5.11 Å². The van der Waals surface area contributed by atoms with Gasteiger partial charge in [-0.25, -0.2) is 4.98 Å². The van der Waals surface area contributed by atoms with E-state index in [1.54, 1.807) is 23.2 Å². The van der Waals surface area contributed by atoms with E-state index in [4.69, 9.17) is 14.9 Å². The van der Waals surface area contributed by atoms with E-state index in [1.807, 2.05) is 42.6 Å². The Morgan fingerprint density at radius 2 is 1.96 bits per heavy atom. The molecule has 1 aliphatic rings. The fourth-order valence-electron chi connectivity index (χ4n) is 2.62. The fourth-order valence-corrected chi connectivity index (χ4v) is 2.62. The van der Waals surface area contributed by atoms with Gasteiger partial charge in [0, 0.05) is 17.3 Å². The highest BCUT2D eigenvalue weighted by atomic mass is 16.5. The van der Waals surface area contributed by atoms with E-state index in [-0.39, 0.29) is 5.75 Å². The van der Waals surface area contributed by atoms with Crippen molar-refractivity contribution in [1.82, 2.24) is 4.98 Å². The average Bonchev–Trinajstić information content (AvgIpc) is 3.25. The number of rotatable bonds is 3. The van der Waals surface area contributed by atoms with Gasteiger partial charge in [0.1, 0.15) is 11.5 Å². The van der Waals surface area contributed by atoms with Crippen molar-refractivity contribution in [3.63, 3.8) is 0 Å². The lowest BCUT2D eigenvalue weighted by molar-refractivity contribution is 0.199. The third-order valence-electron chi connectivity index (χ3n) is 3.81. The Kier molecular flexibility index (Phi) is 3.44. The van der Waals surface area contributed by atoms with Crippen LogP contribution in [0.2, 0.25) is 0 Å². The maximum atomic E-state index is 10.3. The standard InChI is InChI=1S/C18H15N3O3/c19-18-21(10-17(24-18)12-4-2-1-3-5-12)13-6-7-14(15(22)8-13)16-9-20-11-23-16/h1-11,18,22H,19H2. The van der Waals surface area contributed by atoms with Crippen LogP contribution in [-0.2, 0) is 4.74 Å². The minimum atomic E-state index is -0.657. The Morgan fingerprint density at radius 3 is 2.67 bits per heavy atom. The molecule has 2 heterocycles. The van der Waals surface area contributed by atoms with Crippen molar-refractivity contribution in [2.24, 2.45) is 5.73 Å². The van der Waals surface area contributed by atoms with Gasteiger partial charge in [-0.1, -0.05) is 30.3 Å². The predicted octanol–water partition coefficient (Wildman–Crippen LogP) is 3.12. The lowest BCUT2D eigenvalue weighted by atomic mass is 10.1. The van der Waals surface area contributed by atoms with Crippen molar-refractivity contribution < 1.29 is 14.3 Å². The maximum Gasteiger partial charge on any atom is 0.231 e. The average molecular weight is 321 g/mol. The zero-order chi connectivity index (χ0) is 16.5. The molecular weight excluding hydrogens is 306 g/mol. The molecule has 4 rings (SSSR count). The van der Waals surface area contributed by atoms with E-state index in [2.05, 4.69) is 4.98 Å². The molecule has 0 saturated heterocycles. The van der Waals surface area contributed by atoms with Crippen LogP contribution in [0, 0.1) is 0 Å². The highest BCUT2D eigenvalue weighted by Gasteiger charge is 2.25. The number of aromatic nitrogens is 1. The highest BCUT2D eigenvalue weighted by molar-refractivity contribution is 5.73. The molecule has 3 aromatic rings. The highest BCUT2D eigenvalue weighted by Crippen LogP contribution is 2.35. The SMILES string of the molecule is NC1OC(c2ccccc2)=CN1c1ccc(-c2cnco2)c(O)c1. The second-order valence-corrected chi connectivity index (χ2v) is 5.34. The minimum Gasteiger partial charge on any atom is -0.507 e.